The molecule has 4 aromatic rings. The summed E-state index contributed by atoms with van der Waals surface area (Å²) in [6.45, 7) is 2.45. The fourth-order valence-electron chi connectivity index (χ4n) is 4.98. The molecule has 1 aliphatic rings. The first-order chi connectivity index (χ1) is 16.9. The Morgan fingerprint density at radius 1 is 1.03 bits per heavy atom. The fraction of sp³-hybridized carbons (Fsp3) is 0.276. The van der Waals surface area contributed by atoms with E-state index in [0.29, 0.717) is 27.1 Å². The summed E-state index contributed by atoms with van der Waals surface area (Å²) in [5, 5.41) is 1.37. The van der Waals surface area contributed by atoms with Crippen LogP contribution in [0, 0.1) is 11.7 Å². The number of carbonyl (C=O) groups is 1. The molecule has 5 rings (SSSR count). The van der Waals surface area contributed by atoms with Crippen LogP contribution in [0.2, 0.25) is 5.02 Å². The molecule has 0 radical (unpaired) electrons. The standard InChI is InChI=1S/C29H28ClFN2OS/c1-18-9-12-23(13-10-18)33(29(34)28-27(30)24-7-2-3-8-26(24)35-28)17-21-15-20(11-14-25(21)31)19-5-4-6-22(32)16-19/h2-8,11,14-16,18,23H,9-10,12-13,17,32H2,1H3/t18-,23-. The molecule has 1 aromatic heterocycles. The van der Waals surface area contributed by atoms with Crippen molar-refractivity contribution < 1.29 is 9.18 Å². The van der Waals surface area contributed by atoms with Gasteiger partial charge in [0.1, 0.15) is 10.7 Å². The van der Waals surface area contributed by atoms with Gasteiger partial charge in [0.25, 0.3) is 5.91 Å². The molecule has 0 unspecified atom stereocenters. The third-order valence-corrected chi connectivity index (χ3v) is 8.69. The highest BCUT2D eigenvalue weighted by molar-refractivity contribution is 7.21. The zero-order valence-electron chi connectivity index (χ0n) is 19.6. The summed E-state index contributed by atoms with van der Waals surface area (Å²) in [5.74, 6) is 0.200. The first-order valence-electron chi connectivity index (χ1n) is 12.0. The second-order valence-electron chi connectivity index (χ2n) is 9.52. The van der Waals surface area contributed by atoms with Crippen molar-refractivity contribution in [2.75, 3.05) is 5.73 Å². The van der Waals surface area contributed by atoms with E-state index in [1.165, 1.54) is 17.4 Å². The van der Waals surface area contributed by atoms with Gasteiger partial charge in [0, 0.05) is 33.9 Å². The quantitative estimate of drug-likeness (QED) is 0.277. The van der Waals surface area contributed by atoms with Gasteiger partial charge in [-0.05, 0) is 73.1 Å². The number of hydrogen-bond acceptors (Lipinski definition) is 3. The molecule has 1 heterocycles. The number of carbonyl (C=O) groups excluding carboxylic acids is 1. The zero-order valence-corrected chi connectivity index (χ0v) is 21.2. The van der Waals surface area contributed by atoms with Gasteiger partial charge < -0.3 is 10.6 Å². The monoisotopic (exact) mass is 506 g/mol. The summed E-state index contributed by atoms with van der Waals surface area (Å²) in [4.78, 5) is 16.3. The average Bonchev–Trinajstić information content (AvgIpc) is 3.20. The number of fused-ring (bicyclic) bond motifs is 1. The van der Waals surface area contributed by atoms with Crippen LogP contribution >= 0.6 is 22.9 Å². The van der Waals surface area contributed by atoms with Crippen molar-refractivity contribution >= 4 is 44.6 Å². The van der Waals surface area contributed by atoms with Crippen molar-refractivity contribution in [1.29, 1.82) is 0 Å². The first kappa shape index (κ1) is 23.8. The Kier molecular flexibility index (Phi) is 6.81. The van der Waals surface area contributed by atoms with E-state index < -0.39 is 0 Å². The Balaban J connectivity index is 1.52. The lowest BCUT2D eigenvalue weighted by Gasteiger charge is -2.36. The van der Waals surface area contributed by atoms with Crippen molar-refractivity contribution in [3.05, 3.63) is 88.0 Å². The molecule has 3 nitrogen and oxygen atoms in total. The molecule has 35 heavy (non-hydrogen) atoms. The van der Waals surface area contributed by atoms with E-state index in [1.807, 2.05) is 59.5 Å². The molecule has 1 aliphatic carbocycles. The highest BCUT2D eigenvalue weighted by Gasteiger charge is 2.31. The van der Waals surface area contributed by atoms with E-state index >= 15 is 4.39 Å². The molecular weight excluding hydrogens is 479 g/mol. The summed E-state index contributed by atoms with van der Waals surface area (Å²) in [6.07, 6.45) is 3.93. The van der Waals surface area contributed by atoms with Gasteiger partial charge in [-0.3, -0.25) is 4.79 Å². The lowest BCUT2D eigenvalue weighted by Crippen LogP contribution is -2.41. The molecule has 3 aromatic carbocycles. The van der Waals surface area contributed by atoms with Crippen LogP contribution in [0.4, 0.5) is 10.1 Å². The summed E-state index contributed by atoms with van der Waals surface area (Å²) in [5.41, 5.74) is 8.91. The number of nitrogens with zero attached hydrogens (tertiary/aromatic N) is 1. The van der Waals surface area contributed by atoms with E-state index in [-0.39, 0.29) is 24.3 Å². The maximum absolute atomic E-state index is 15.1. The third kappa shape index (κ3) is 4.93. The van der Waals surface area contributed by atoms with Crippen LogP contribution in [0.1, 0.15) is 47.8 Å². The molecule has 2 N–H and O–H groups in total. The minimum Gasteiger partial charge on any atom is -0.399 e. The van der Waals surface area contributed by atoms with E-state index in [1.54, 1.807) is 6.07 Å². The number of nitrogen functional groups attached to an aromatic ring is 1. The van der Waals surface area contributed by atoms with Crippen molar-refractivity contribution in [2.45, 2.75) is 45.2 Å². The number of amides is 1. The van der Waals surface area contributed by atoms with Crippen molar-refractivity contribution in [3.63, 3.8) is 0 Å². The smallest absolute Gasteiger partial charge is 0.266 e. The van der Waals surface area contributed by atoms with Gasteiger partial charge in [0.15, 0.2) is 0 Å². The lowest BCUT2D eigenvalue weighted by molar-refractivity contribution is 0.0596. The predicted octanol–water partition coefficient (Wildman–Crippen LogP) is 8.16. The number of nitrogens with two attached hydrogens (primary N) is 1. The highest BCUT2D eigenvalue weighted by Crippen LogP contribution is 2.38. The van der Waals surface area contributed by atoms with Crippen LogP contribution in [-0.4, -0.2) is 16.8 Å². The van der Waals surface area contributed by atoms with Crippen molar-refractivity contribution in [2.24, 2.45) is 5.92 Å². The number of thiophene rings is 1. The Hall–Kier alpha value is -2.89. The average molecular weight is 507 g/mol. The summed E-state index contributed by atoms with van der Waals surface area (Å²) >= 11 is 8.10. The normalized spacial score (nSPS) is 18.0. The Labute approximate surface area is 214 Å². The van der Waals surface area contributed by atoms with Crippen molar-refractivity contribution in [3.8, 4) is 11.1 Å². The molecule has 0 spiro atoms. The van der Waals surface area contributed by atoms with Gasteiger partial charge in [-0.1, -0.05) is 54.9 Å². The van der Waals surface area contributed by atoms with Crippen LogP contribution in [0.25, 0.3) is 21.2 Å². The van der Waals surface area contributed by atoms with Gasteiger partial charge in [-0.15, -0.1) is 11.3 Å². The fourth-order valence-corrected chi connectivity index (χ4v) is 6.45. The molecule has 1 fully saturated rings. The van der Waals surface area contributed by atoms with Crippen LogP contribution in [0.5, 0.6) is 0 Å². The van der Waals surface area contributed by atoms with Gasteiger partial charge in [-0.25, -0.2) is 4.39 Å². The van der Waals surface area contributed by atoms with E-state index in [9.17, 15) is 4.79 Å². The molecular formula is C29H28ClFN2OS. The first-order valence-corrected chi connectivity index (χ1v) is 13.2. The van der Waals surface area contributed by atoms with Crippen molar-refractivity contribution in [1.82, 2.24) is 4.90 Å². The van der Waals surface area contributed by atoms with Gasteiger partial charge >= 0.3 is 0 Å². The molecule has 1 saturated carbocycles. The second-order valence-corrected chi connectivity index (χ2v) is 10.9. The molecule has 6 heteroatoms. The predicted molar refractivity (Wildman–Crippen MR) is 144 cm³/mol. The molecule has 180 valence electrons. The molecule has 0 saturated heterocycles. The Morgan fingerprint density at radius 2 is 1.77 bits per heavy atom. The Bertz CT molecular complexity index is 1380. The van der Waals surface area contributed by atoms with E-state index in [4.69, 9.17) is 17.3 Å². The van der Waals surface area contributed by atoms with Crippen LogP contribution in [0.15, 0.2) is 66.7 Å². The largest absolute Gasteiger partial charge is 0.399 e. The van der Waals surface area contributed by atoms with Crippen LogP contribution in [-0.2, 0) is 6.54 Å². The van der Waals surface area contributed by atoms with E-state index in [2.05, 4.69) is 6.92 Å². The Morgan fingerprint density at radius 3 is 2.51 bits per heavy atom. The number of rotatable bonds is 5. The van der Waals surface area contributed by atoms with Crippen LogP contribution in [0.3, 0.4) is 0 Å². The van der Waals surface area contributed by atoms with E-state index in [0.717, 1.165) is 46.9 Å². The molecule has 0 aliphatic heterocycles. The third-order valence-electron chi connectivity index (χ3n) is 7.02. The summed E-state index contributed by atoms with van der Waals surface area (Å²) in [6, 6.07) is 20.4. The lowest BCUT2D eigenvalue weighted by atomic mass is 9.86. The minimum atomic E-state index is -0.318. The molecule has 1 amide bonds. The summed E-state index contributed by atoms with van der Waals surface area (Å²) < 4.78 is 16.1. The maximum atomic E-state index is 15.1. The maximum Gasteiger partial charge on any atom is 0.266 e. The summed E-state index contributed by atoms with van der Waals surface area (Å²) in [7, 11) is 0. The number of benzene rings is 3. The second kappa shape index (κ2) is 10.00. The van der Waals surface area contributed by atoms with Gasteiger partial charge in [0.2, 0.25) is 0 Å². The number of hydrogen-bond donors (Lipinski definition) is 1. The number of anilines is 1. The van der Waals surface area contributed by atoms with Gasteiger partial charge in [-0.2, -0.15) is 0 Å². The van der Waals surface area contributed by atoms with Gasteiger partial charge in [0.05, 0.1) is 5.02 Å². The minimum absolute atomic E-state index is 0.0513. The van der Waals surface area contributed by atoms with Crippen LogP contribution < -0.4 is 5.73 Å². The molecule has 0 bridgehead atoms. The zero-order chi connectivity index (χ0) is 24.5. The SMILES string of the molecule is C[C@H]1CC[C@H](N(Cc2cc(-c3cccc(N)c3)ccc2F)C(=O)c2sc3ccccc3c2Cl)CC1. The topological polar surface area (TPSA) is 46.3 Å². The molecule has 0 atom stereocenters. The number of halogens is 2. The highest BCUT2D eigenvalue weighted by atomic mass is 35.5.